The lowest BCUT2D eigenvalue weighted by Gasteiger charge is -2.45. The van der Waals surface area contributed by atoms with Crippen molar-refractivity contribution >= 4 is 0 Å². The van der Waals surface area contributed by atoms with Gasteiger partial charge in [-0.15, -0.1) is 0 Å². The second-order valence-electron chi connectivity index (χ2n) is 6.84. The van der Waals surface area contributed by atoms with E-state index in [-0.39, 0.29) is 0 Å². The highest BCUT2D eigenvalue weighted by molar-refractivity contribution is 5.31. The molecule has 2 heterocycles. The largest absolute Gasteiger partial charge is 0.314 e. The fourth-order valence-corrected chi connectivity index (χ4v) is 4.22. The zero-order chi connectivity index (χ0) is 14.1. The van der Waals surface area contributed by atoms with Crippen molar-refractivity contribution in [2.75, 3.05) is 39.3 Å². The van der Waals surface area contributed by atoms with E-state index in [1.165, 1.54) is 65.0 Å². The molecule has 1 unspecified atom stereocenters. The Labute approximate surface area is 128 Å². The predicted octanol–water partition coefficient (Wildman–Crippen LogP) is 2.04. The summed E-state index contributed by atoms with van der Waals surface area (Å²) in [5.41, 5.74) is 3.22. The number of piperazine rings is 1. The lowest BCUT2D eigenvalue weighted by molar-refractivity contribution is 0.0489. The minimum atomic E-state index is 0.672. The molecular formula is C18H27N3. The van der Waals surface area contributed by atoms with Gasteiger partial charge in [-0.3, -0.25) is 9.80 Å². The average Bonchev–Trinajstić information content (AvgIpc) is 2.69. The first-order chi connectivity index (χ1) is 10.4. The predicted molar refractivity (Wildman–Crippen MR) is 86.5 cm³/mol. The molecule has 3 heteroatoms. The lowest BCUT2D eigenvalue weighted by atomic mass is 9.97. The minimum Gasteiger partial charge on any atom is -0.314 e. The molecule has 0 aromatic heterocycles. The molecule has 1 aliphatic carbocycles. The molecule has 2 aliphatic heterocycles. The highest BCUT2D eigenvalue weighted by Gasteiger charge is 2.31. The number of fused-ring (bicyclic) bond motifs is 1. The molecule has 114 valence electrons. The molecule has 3 aliphatic rings. The summed E-state index contributed by atoms with van der Waals surface area (Å²) in [6, 6.07) is 10.7. The van der Waals surface area contributed by atoms with Crippen LogP contribution in [0.25, 0.3) is 0 Å². The summed E-state index contributed by atoms with van der Waals surface area (Å²) in [5.74, 6) is 0. The summed E-state index contributed by atoms with van der Waals surface area (Å²) in [7, 11) is 0. The Morgan fingerprint density at radius 1 is 0.905 bits per heavy atom. The molecule has 21 heavy (non-hydrogen) atoms. The Hall–Kier alpha value is -0.900. The van der Waals surface area contributed by atoms with Crippen molar-refractivity contribution in [3.8, 4) is 0 Å². The minimum absolute atomic E-state index is 0.672. The number of benzene rings is 1. The average molecular weight is 285 g/mol. The molecule has 0 spiro atoms. The summed E-state index contributed by atoms with van der Waals surface area (Å²) >= 11 is 0. The van der Waals surface area contributed by atoms with Crippen LogP contribution in [0, 0.1) is 0 Å². The van der Waals surface area contributed by atoms with Crippen molar-refractivity contribution in [1.29, 1.82) is 0 Å². The third-order valence-corrected chi connectivity index (χ3v) is 5.65. The molecule has 2 saturated heterocycles. The van der Waals surface area contributed by atoms with Gasteiger partial charge in [0.15, 0.2) is 0 Å². The van der Waals surface area contributed by atoms with E-state index >= 15 is 0 Å². The van der Waals surface area contributed by atoms with E-state index in [9.17, 15) is 0 Å². The van der Waals surface area contributed by atoms with Gasteiger partial charge in [-0.1, -0.05) is 30.7 Å². The number of rotatable bonds is 2. The van der Waals surface area contributed by atoms with E-state index in [2.05, 4.69) is 39.4 Å². The molecule has 4 rings (SSSR count). The summed E-state index contributed by atoms with van der Waals surface area (Å²) in [4.78, 5) is 5.45. The number of hydrogen-bond acceptors (Lipinski definition) is 3. The molecule has 0 amide bonds. The topological polar surface area (TPSA) is 18.5 Å². The molecule has 2 fully saturated rings. The van der Waals surface area contributed by atoms with Crippen molar-refractivity contribution < 1.29 is 0 Å². The van der Waals surface area contributed by atoms with Gasteiger partial charge in [0.05, 0.1) is 0 Å². The van der Waals surface area contributed by atoms with E-state index in [0.717, 1.165) is 6.04 Å². The second kappa shape index (κ2) is 6.07. The van der Waals surface area contributed by atoms with Crippen LogP contribution in [-0.4, -0.2) is 55.1 Å². The third kappa shape index (κ3) is 2.75. The highest BCUT2D eigenvalue weighted by atomic mass is 15.3. The van der Waals surface area contributed by atoms with Gasteiger partial charge < -0.3 is 5.32 Å². The number of nitrogens with zero attached hydrogens (tertiary/aromatic N) is 2. The third-order valence-electron chi connectivity index (χ3n) is 5.65. The van der Waals surface area contributed by atoms with Crippen LogP contribution in [0.3, 0.4) is 0 Å². The Morgan fingerprint density at radius 2 is 1.67 bits per heavy atom. The Bertz CT molecular complexity index is 475. The van der Waals surface area contributed by atoms with Gasteiger partial charge >= 0.3 is 0 Å². The van der Waals surface area contributed by atoms with Gasteiger partial charge in [0.1, 0.15) is 0 Å². The van der Waals surface area contributed by atoms with Crippen LogP contribution in [0.15, 0.2) is 24.3 Å². The molecule has 1 atom stereocenters. The monoisotopic (exact) mass is 285 g/mol. The molecular weight excluding hydrogens is 258 g/mol. The number of nitrogens with one attached hydrogen (secondary N) is 1. The zero-order valence-electron chi connectivity index (χ0n) is 12.9. The summed E-state index contributed by atoms with van der Waals surface area (Å²) in [5, 5.41) is 3.40. The van der Waals surface area contributed by atoms with Crippen LogP contribution < -0.4 is 5.32 Å². The summed E-state index contributed by atoms with van der Waals surface area (Å²) in [6.07, 6.45) is 5.37. The van der Waals surface area contributed by atoms with E-state index in [0.29, 0.717) is 6.04 Å². The highest BCUT2D eigenvalue weighted by Crippen LogP contribution is 2.33. The summed E-state index contributed by atoms with van der Waals surface area (Å²) < 4.78 is 0. The maximum absolute atomic E-state index is 3.40. The number of hydrogen-bond donors (Lipinski definition) is 1. The Balaban J connectivity index is 1.46. The maximum atomic E-state index is 3.40. The first kappa shape index (κ1) is 13.7. The van der Waals surface area contributed by atoms with Crippen molar-refractivity contribution in [1.82, 2.24) is 15.1 Å². The van der Waals surface area contributed by atoms with E-state index in [1.807, 2.05) is 0 Å². The van der Waals surface area contributed by atoms with Crippen LogP contribution in [0.1, 0.15) is 36.4 Å². The van der Waals surface area contributed by atoms with Crippen LogP contribution in [0.2, 0.25) is 0 Å². The first-order valence-corrected chi connectivity index (χ1v) is 8.68. The van der Waals surface area contributed by atoms with Gasteiger partial charge in [0, 0.05) is 51.4 Å². The molecule has 1 N–H and O–H groups in total. The van der Waals surface area contributed by atoms with Crippen LogP contribution >= 0.6 is 0 Å². The van der Waals surface area contributed by atoms with Gasteiger partial charge in [-0.2, -0.15) is 0 Å². The smallest absolute Gasteiger partial charge is 0.0351 e. The van der Waals surface area contributed by atoms with Crippen molar-refractivity contribution in [3.63, 3.8) is 0 Å². The van der Waals surface area contributed by atoms with Crippen LogP contribution in [-0.2, 0) is 6.42 Å². The lowest BCUT2D eigenvalue weighted by Crippen LogP contribution is -2.61. The van der Waals surface area contributed by atoms with E-state index in [4.69, 9.17) is 0 Å². The van der Waals surface area contributed by atoms with Gasteiger partial charge in [0.2, 0.25) is 0 Å². The fourth-order valence-electron chi connectivity index (χ4n) is 4.22. The number of aryl methyl sites for hydroxylation is 1. The quantitative estimate of drug-likeness (QED) is 0.839. The SMILES string of the molecule is c1ccc2c(c1)CCCCC2N1CCN(C2CNC2)CC1. The fraction of sp³-hybridized carbons (Fsp3) is 0.667. The van der Waals surface area contributed by atoms with E-state index in [1.54, 1.807) is 11.1 Å². The Kier molecular flexibility index (Phi) is 3.97. The molecule has 3 nitrogen and oxygen atoms in total. The molecule has 1 aromatic carbocycles. The normalized spacial score (nSPS) is 28.7. The second-order valence-corrected chi connectivity index (χ2v) is 6.84. The Morgan fingerprint density at radius 3 is 2.43 bits per heavy atom. The standard InChI is InChI=1S/C18H27N3/c1-3-7-17-15(5-1)6-2-4-8-18(17)21-11-9-20(10-12-21)16-13-19-14-16/h1,3,5,7,16,18-19H,2,4,6,8-14H2. The molecule has 0 bridgehead atoms. The molecule has 1 aromatic rings. The van der Waals surface area contributed by atoms with E-state index < -0.39 is 0 Å². The first-order valence-electron chi connectivity index (χ1n) is 8.68. The molecule has 0 radical (unpaired) electrons. The van der Waals surface area contributed by atoms with Gasteiger partial charge in [0.25, 0.3) is 0 Å². The van der Waals surface area contributed by atoms with Crippen LogP contribution in [0.4, 0.5) is 0 Å². The van der Waals surface area contributed by atoms with Crippen molar-refractivity contribution in [3.05, 3.63) is 35.4 Å². The van der Waals surface area contributed by atoms with Gasteiger partial charge in [-0.05, 0) is 30.4 Å². The van der Waals surface area contributed by atoms with Crippen molar-refractivity contribution in [2.24, 2.45) is 0 Å². The maximum Gasteiger partial charge on any atom is 0.0351 e. The molecule has 0 saturated carbocycles. The van der Waals surface area contributed by atoms with Crippen molar-refractivity contribution in [2.45, 2.75) is 37.8 Å². The zero-order valence-corrected chi connectivity index (χ0v) is 12.9. The summed E-state index contributed by atoms with van der Waals surface area (Å²) in [6.45, 7) is 7.40. The van der Waals surface area contributed by atoms with Crippen LogP contribution in [0.5, 0.6) is 0 Å². The van der Waals surface area contributed by atoms with Gasteiger partial charge in [-0.25, -0.2) is 0 Å².